The van der Waals surface area contributed by atoms with Crippen LogP contribution in [0.25, 0.3) is 0 Å². The number of benzene rings is 1. The van der Waals surface area contributed by atoms with Crippen LogP contribution in [0.15, 0.2) is 33.8 Å². The van der Waals surface area contributed by atoms with Gasteiger partial charge in [-0.05, 0) is 17.7 Å². The summed E-state index contributed by atoms with van der Waals surface area (Å²) in [6, 6.07) is 7.81. The molecule has 0 amide bonds. The fourth-order valence-corrected chi connectivity index (χ4v) is 2.33. The van der Waals surface area contributed by atoms with Crippen LogP contribution in [0.5, 0.6) is 0 Å². The smallest absolute Gasteiger partial charge is 0.228 e. The molecule has 2 rings (SSSR count). The summed E-state index contributed by atoms with van der Waals surface area (Å²) < 4.78 is 5.24. The van der Waals surface area contributed by atoms with Crippen molar-refractivity contribution in [2.75, 3.05) is 20.6 Å². The van der Waals surface area contributed by atoms with Crippen LogP contribution in [0.1, 0.15) is 37.0 Å². The molecule has 0 saturated heterocycles. The number of halogens is 2. The van der Waals surface area contributed by atoms with Crippen molar-refractivity contribution >= 4 is 41.5 Å². The summed E-state index contributed by atoms with van der Waals surface area (Å²) in [5, 5.41) is 8.02. The van der Waals surface area contributed by atoms with Crippen molar-refractivity contribution in [1.82, 2.24) is 20.4 Å². The largest absolute Gasteiger partial charge is 0.356 e. The molecule has 1 heterocycles. The molecule has 2 aromatic rings. The molecule has 0 atom stereocenters. The lowest BCUT2D eigenvalue weighted by atomic mass is 10.2. The summed E-state index contributed by atoms with van der Waals surface area (Å²) in [5.74, 6) is 2.47. The van der Waals surface area contributed by atoms with Gasteiger partial charge in [0.15, 0.2) is 11.8 Å². The van der Waals surface area contributed by atoms with Gasteiger partial charge in [0, 0.05) is 44.5 Å². The summed E-state index contributed by atoms with van der Waals surface area (Å²) in [6.07, 6.45) is 0.660. The third-order valence-corrected chi connectivity index (χ3v) is 3.78. The number of hydrogen-bond donors (Lipinski definition) is 1. The van der Waals surface area contributed by atoms with Gasteiger partial charge >= 0.3 is 0 Å². The zero-order valence-electron chi connectivity index (χ0n) is 15.0. The van der Waals surface area contributed by atoms with Crippen molar-refractivity contribution in [1.29, 1.82) is 0 Å². The third-order valence-electron chi connectivity index (χ3n) is 3.53. The molecule has 0 aliphatic carbocycles. The van der Waals surface area contributed by atoms with Crippen molar-refractivity contribution in [2.45, 2.75) is 32.7 Å². The first-order valence-corrected chi connectivity index (χ1v) is 8.36. The molecule has 0 spiro atoms. The van der Waals surface area contributed by atoms with Crippen LogP contribution < -0.4 is 5.32 Å². The van der Waals surface area contributed by atoms with Crippen molar-refractivity contribution in [2.24, 2.45) is 4.99 Å². The van der Waals surface area contributed by atoms with Crippen LogP contribution in [-0.4, -0.2) is 41.6 Å². The van der Waals surface area contributed by atoms with Crippen LogP contribution in [0.4, 0.5) is 0 Å². The second kappa shape index (κ2) is 10.6. The normalized spacial score (nSPS) is 11.4. The molecule has 6 nitrogen and oxygen atoms in total. The molecule has 25 heavy (non-hydrogen) atoms. The Hall–Kier alpha value is -1.35. The highest BCUT2D eigenvalue weighted by Crippen LogP contribution is 2.11. The standard InChI is InChI=1S/C17H24ClN5O.HI/c1-12(2)16-21-15(24-22-16)9-10-20-17(19-3)23(4)11-13-5-7-14(18)8-6-13;/h5-8,12H,9-11H2,1-4H3,(H,19,20);1H. The predicted molar refractivity (Wildman–Crippen MR) is 112 cm³/mol. The fraction of sp³-hybridized carbons (Fsp3) is 0.471. The van der Waals surface area contributed by atoms with Crippen LogP contribution in [0.2, 0.25) is 5.02 Å². The molecule has 1 N–H and O–H groups in total. The van der Waals surface area contributed by atoms with E-state index in [1.165, 1.54) is 5.56 Å². The van der Waals surface area contributed by atoms with E-state index in [0.29, 0.717) is 18.9 Å². The van der Waals surface area contributed by atoms with Crippen LogP contribution in [-0.2, 0) is 13.0 Å². The molecule has 1 aromatic heterocycles. The van der Waals surface area contributed by atoms with Crippen molar-refractivity contribution in [3.8, 4) is 0 Å². The quantitative estimate of drug-likeness (QED) is 0.390. The molecular formula is C17H25ClIN5O. The van der Waals surface area contributed by atoms with E-state index >= 15 is 0 Å². The van der Waals surface area contributed by atoms with Gasteiger partial charge in [-0.25, -0.2) is 0 Å². The minimum absolute atomic E-state index is 0. The van der Waals surface area contributed by atoms with Crippen molar-refractivity contribution < 1.29 is 4.52 Å². The van der Waals surface area contributed by atoms with Crippen LogP contribution in [0, 0.1) is 0 Å². The Balaban J connectivity index is 0.00000312. The van der Waals surface area contributed by atoms with Crippen molar-refractivity contribution in [3.63, 3.8) is 0 Å². The van der Waals surface area contributed by atoms with E-state index in [1.54, 1.807) is 7.05 Å². The maximum atomic E-state index is 5.92. The average Bonchev–Trinajstić information content (AvgIpc) is 3.03. The minimum Gasteiger partial charge on any atom is -0.356 e. The lowest BCUT2D eigenvalue weighted by Gasteiger charge is -2.22. The summed E-state index contributed by atoms with van der Waals surface area (Å²) in [6.45, 7) is 5.51. The van der Waals surface area contributed by atoms with Gasteiger partial charge < -0.3 is 14.7 Å². The van der Waals surface area contributed by atoms with Crippen LogP contribution in [0.3, 0.4) is 0 Å². The van der Waals surface area contributed by atoms with Gasteiger partial charge in [0.1, 0.15) is 0 Å². The fourth-order valence-electron chi connectivity index (χ4n) is 2.21. The first-order valence-electron chi connectivity index (χ1n) is 7.98. The Labute approximate surface area is 171 Å². The van der Waals surface area contributed by atoms with E-state index in [9.17, 15) is 0 Å². The molecular weight excluding hydrogens is 453 g/mol. The van der Waals surface area contributed by atoms with Gasteiger partial charge in [0.2, 0.25) is 5.89 Å². The highest BCUT2D eigenvalue weighted by Gasteiger charge is 2.11. The molecule has 0 radical (unpaired) electrons. The molecule has 1 aromatic carbocycles. The van der Waals surface area contributed by atoms with E-state index in [-0.39, 0.29) is 29.9 Å². The lowest BCUT2D eigenvalue weighted by molar-refractivity contribution is 0.370. The molecule has 0 aliphatic heterocycles. The average molecular weight is 478 g/mol. The van der Waals surface area contributed by atoms with E-state index in [0.717, 1.165) is 23.4 Å². The van der Waals surface area contributed by atoms with Crippen LogP contribution >= 0.6 is 35.6 Å². The molecule has 8 heteroatoms. The topological polar surface area (TPSA) is 66.5 Å². The Bertz CT molecular complexity index is 672. The van der Waals surface area contributed by atoms with Gasteiger partial charge in [0.05, 0.1) is 0 Å². The summed E-state index contributed by atoms with van der Waals surface area (Å²) in [5.41, 5.74) is 1.17. The highest BCUT2D eigenvalue weighted by molar-refractivity contribution is 14.0. The number of aromatic nitrogens is 2. The lowest BCUT2D eigenvalue weighted by Crippen LogP contribution is -2.39. The first kappa shape index (κ1) is 21.7. The zero-order valence-corrected chi connectivity index (χ0v) is 18.1. The van der Waals surface area contributed by atoms with Gasteiger partial charge in [-0.3, -0.25) is 4.99 Å². The molecule has 0 aliphatic rings. The Morgan fingerprint density at radius 3 is 2.56 bits per heavy atom. The summed E-state index contributed by atoms with van der Waals surface area (Å²) in [4.78, 5) is 10.7. The Morgan fingerprint density at radius 1 is 1.32 bits per heavy atom. The monoisotopic (exact) mass is 477 g/mol. The van der Waals surface area contributed by atoms with Gasteiger partial charge in [-0.1, -0.05) is 42.7 Å². The minimum atomic E-state index is 0. The van der Waals surface area contributed by atoms with Gasteiger partial charge in [-0.15, -0.1) is 24.0 Å². The molecule has 0 saturated carbocycles. The second-order valence-electron chi connectivity index (χ2n) is 5.91. The maximum absolute atomic E-state index is 5.92. The number of guanidine groups is 1. The highest BCUT2D eigenvalue weighted by atomic mass is 127. The van der Waals surface area contributed by atoms with E-state index < -0.39 is 0 Å². The number of nitrogens with one attached hydrogen (secondary N) is 1. The number of rotatable bonds is 6. The second-order valence-corrected chi connectivity index (χ2v) is 6.34. The molecule has 0 bridgehead atoms. The summed E-state index contributed by atoms with van der Waals surface area (Å²) >= 11 is 5.92. The zero-order chi connectivity index (χ0) is 17.5. The molecule has 138 valence electrons. The number of aliphatic imine (C=N–C) groups is 1. The Morgan fingerprint density at radius 2 is 2.00 bits per heavy atom. The summed E-state index contributed by atoms with van der Waals surface area (Å²) in [7, 11) is 3.76. The first-order chi connectivity index (χ1) is 11.5. The maximum Gasteiger partial charge on any atom is 0.228 e. The number of hydrogen-bond acceptors (Lipinski definition) is 4. The van der Waals surface area contributed by atoms with E-state index in [4.69, 9.17) is 16.1 Å². The van der Waals surface area contributed by atoms with E-state index in [1.807, 2.05) is 45.2 Å². The number of nitrogens with zero attached hydrogens (tertiary/aromatic N) is 4. The van der Waals surface area contributed by atoms with Crippen molar-refractivity contribution in [3.05, 3.63) is 46.6 Å². The molecule has 0 fully saturated rings. The Kier molecular flexibility index (Phi) is 9.20. The van der Waals surface area contributed by atoms with E-state index in [2.05, 4.69) is 25.3 Å². The predicted octanol–water partition coefficient (Wildman–Crippen LogP) is 3.71. The third kappa shape index (κ3) is 6.81. The SMILES string of the molecule is CN=C(NCCc1nc(C(C)C)no1)N(C)Cc1ccc(Cl)cc1.I. The van der Waals surface area contributed by atoms with Gasteiger partial charge in [0.25, 0.3) is 0 Å². The molecule has 0 unspecified atom stereocenters. The van der Waals surface area contributed by atoms with Gasteiger partial charge in [-0.2, -0.15) is 4.98 Å².